The fraction of sp³-hybridized carbons (Fsp3) is 0.333. The lowest BCUT2D eigenvalue weighted by molar-refractivity contribution is -0.120. The number of rotatable bonds is 7. The Bertz CT molecular complexity index is 814. The first kappa shape index (κ1) is 19.9. The first-order valence-electron chi connectivity index (χ1n) is 9.31. The molecule has 1 saturated heterocycles. The van der Waals surface area contributed by atoms with Crippen LogP contribution in [-0.4, -0.2) is 36.3 Å². The first-order valence-corrected chi connectivity index (χ1v) is 9.31. The number of halogens is 2. The molecular formula is C21H23F2N3O2. The zero-order valence-electron chi connectivity index (χ0n) is 15.5. The van der Waals surface area contributed by atoms with Crippen LogP contribution in [0.2, 0.25) is 0 Å². The summed E-state index contributed by atoms with van der Waals surface area (Å²) in [5.74, 6) is -2.78. The minimum atomic E-state index is -0.845. The summed E-state index contributed by atoms with van der Waals surface area (Å²) in [6.45, 7) is 3.30. The van der Waals surface area contributed by atoms with Gasteiger partial charge in [-0.1, -0.05) is 24.3 Å². The second kappa shape index (κ2) is 9.41. The largest absolute Gasteiger partial charge is 0.350 e. The van der Waals surface area contributed by atoms with E-state index in [0.717, 1.165) is 37.3 Å². The quantitative estimate of drug-likeness (QED) is 0.768. The highest BCUT2D eigenvalue weighted by Gasteiger charge is 2.12. The highest BCUT2D eigenvalue weighted by molar-refractivity contribution is 5.96. The van der Waals surface area contributed by atoms with Crippen LogP contribution in [0.3, 0.4) is 0 Å². The van der Waals surface area contributed by atoms with Crippen LogP contribution in [0.5, 0.6) is 0 Å². The Hall–Kier alpha value is -2.80. The monoisotopic (exact) mass is 387 g/mol. The number of likely N-dealkylation sites (tertiary alicyclic amines) is 1. The van der Waals surface area contributed by atoms with Crippen LogP contribution in [0.1, 0.15) is 34.3 Å². The molecule has 2 amide bonds. The molecule has 2 N–H and O–H groups in total. The van der Waals surface area contributed by atoms with E-state index in [2.05, 4.69) is 27.7 Å². The summed E-state index contributed by atoms with van der Waals surface area (Å²) in [7, 11) is 0. The number of hydrogen-bond acceptors (Lipinski definition) is 3. The van der Waals surface area contributed by atoms with Crippen molar-refractivity contribution >= 4 is 11.8 Å². The minimum absolute atomic E-state index is 0.168. The van der Waals surface area contributed by atoms with Crippen LogP contribution in [0.4, 0.5) is 8.78 Å². The van der Waals surface area contributed by atoms with Crippen molar-refractivity contribution in [2.75, 3.05) is 19.6 Å². The Morgan fingerprint density at radius 1 is 0.893 bits per heavy atom. The SMILES string of the molecule is O=C(CNC(=O)c1cc(F)cc(F)c1)NCc1ccc(CN2CCCC2)cc1. The Balaban J connectivity index is 1.41. The highest BCUT2D eigenvalue weighted by atomic mass is 19.1. The molecule has 1 aliphatic heterocycles. The van der Waals surface area contributed by atoms with E-state index < -0.39 is 17.5 Å². The van der Waals surface area contributed by atoms with Gasteiger partial charge in [0, 0.05) is 24.7 Å². The molecule has 0 aromatic heterocycles. The van der Waals surface area contributed by atoms with Gasteiger partial charge in [-0.2, -0.15) is 0 Å². The predicted molar refractivity (Wildman–Crippen MR) is 101 cm³/mol. The van der Waals surface area contributed by atoms with Gasteiger partial charge in [0.1, 0.15) is 11.6 Å². The van der Waals surface area contributed by atoms with Gasteiger partial charge >= 0.3 is 0 Å². The van der Waals surface area contributed by atoms with Gasteiger partial charge in [-0.25, -0.2) is 8.78 Å². The molecule has 1 heterocycles. The molecule has 5 nitrogen and oxygen atoms in total. The van der Waals surface area contributed by atoms with Crippen molar-refractivity contribution in [3.63, 3.8) is 0 Å². The molecule has 1 fully saturated rings. The molecule has 0 aliphatic carbocycles. The number of nitrogens with one attached hydrogen (secondary N) is 2. The average Bonchev–Trinajstić information content (AvgIpc) is 3.18. The van der Waals surface area contributed by atoms with Crippen molar-refractivity contribution in [1.29, 1.82) is 0 Å². The van der Waals surface area contributed by atoms with E-state index in [9.17, 15) is 18.4 Å². The maximum Gasteiger partial charge on any atom is 0.251 e. The number of benzene rings is 2. The van der Waals surface area contributed by atoms with Crippen LogP contribution in [0.15, 0.2) is 42.5 Å². The second-order valence-corrected chi connectivity index (χ2v) is 6.92. The topological polar surface area (TPSA) is 61.4 Å². The number of carbonyl (C=O) groups is 2. The van der Waals surface area contributed by atoms with Gasteiger partial charge in [0.15, 0.2) is 0 Å². The second-order valence-electron chi connectivity index (χ2n) is 6.92. The van der Waals surface area contributed by atoms with Crippen LogP contribution < -0.4 is 10.6 Å². The van der Waals surface area contributed by atoms with Gasteiger partial charge in [-0.15, -0.1) is 0 Å². The summed E-state index contributed by atoms with van der Waals surface area (Å²) in [5, 5.41) is 5.06. The molecule has 0 atom stereocenters. The summed E-state index contributed by atoms with van der Waals surface area (Å²) < 4.78 is 26.3. The fourth-order valence-electron chi connectivity index (χ4n) is 3.17. The van der Waals surface area contributed by atoms with E-state index in [-0.39, 0.29) is 18.0 Å². The molecular weight excluding hydrogens is 364 g/mol. The van der Waals surface area contributed by atoms with E-state index in [1.807, 2.05) is 12.1 Å². The molecule has 28 heavy (non-hydrogen) atoms. The molecule has 0 spiro atoms. The number of nitrogens with zero attached hydrogens (tertiary/aromatic N) is 1. The molecule has 3 rings (SSSR count). The maximum absolute atomic E-state index is 13.1. The van der Waals surface area contributed by atoms with Crippen LogP contribution in [0, 0.1) is 11.6 Å². The lowest BCUT2D eigenvalue weighted by Gasteiger charge is -2.14. The number of carbonyl (C=O) groups excluding carboxylic acids is 2. The molecule has 148 valence electrons. The molecule has 2 aromatic rings. The first-order chi connectivity index (χ1) is 13.5. The maximum atomic E-state index is 13.1. The predicted octanol–water partition coefficient (Wildman–Crippen LogP) is 2.61. The molecule has 0 saturated carbocycles. The van der Waals surface area contributed by atoms with Gasteiger partial charge in [-0.3, -0.25) is 14.5 Å². The summed E-state index contributed by atoms with van der Waals surface area (Å²) >= 11 is 0. The molecule has 2 aromatic carbocycles. The van der Waals surface area contributed by atoms with Crippen molar-refractivity contribution in [2.24, 2.45) is 0 Å². The van der Waals surface area contributed by atoms with E-state index >= 15 is 0 Å². The van der Waals surface area contributed by atoms with E-state index in [1.54, 1.807) is 0 Å². The highest BCUT2D eigenvalue weighted by Crippen LogP contribution is 2.13. The van der Waals surface area contributed by atoms with E-state index in [1.165, 1.54) is 18.4 Å². The zero-order chi connectivity index (χ0) is 19.9. The van der Waals surface area contributed by atoms with Gasteiger partial charge in [0.05, 0.1) is 6.54 Å². The van der Waals surface area contributed by atoms with Crippen molar-refractivity contribution in [3.8, 4) is 0 Å². The molecule has 1 aliphatic rings. The Morgan fingerprint density at radius 3 is 2.14 bits per heavy atom. The van der Waals surface area contributed by atoms with E-state index in [0.29, 0.717) is 12.6 Å². The lowest BCUT2D eigenvalue weighted by atomic mass is 10.1. The van der Waals surface area contributed by atoms with E-state index in [4.69, 9.17) is 0 Å². The van der Waals surface area contributed by atoms with Crippen LogP contribution in [-0.2, 0) is 17.9 Å². The van der Waals surface area contributed by atoms with Gasteiger partial charge in [0.25, 0.3) is 5.91 Å². The number of hydrogen-bond donors (Lipinski definition) is 2. The third kappa shape index (κ3) is 5.85. The molecule has 0 unspecified atom stereocenters. The molecule has 0 bridgehead atoms. The fourth-order valence-corrected chi connectivity index (χ4v) is 3.17. The average molecular weight is 387 g/mol. The number of amides is 2. The van der Waals surface area contributed by atoms with Crippen molar-refractivity contribution in [1.82, 2.24) is 15.5 Å². The Labute approximate surface area is 162 Å². The molecule has 0 radical (unpaired) electrons. The smallest absolute Gasteiger partial charge is 0.251 e. The summed E-state index contributed by atoms with van der Waals surface area (Å²) in [6, 6.07) is 10.6. The normalized spacial score (nSPS) is 14.1. The van der Waals surface area contributed by atoms with Gasteiger partial charge < -0.3 is 10.6 Å². The zero-order valence-corrected chi connectivity index (χ0v) is 15.5. The van der Waals surface area contributed by atoms with Crippen molar-refractivity contribution in [3.05, 3.63) is 70.8 Å². The summed E-state index contributed by atoms with van der Waals surface area (Å²) in [6.07, 6.45) is 2.52. The minimum Gasteiger partial charge on any atom is -0.350 e. The Kier molecular flexibility index (Phi) is 6.71. The van der Waals surface area contributed by atoms with Gasteiger partial charge in [0.2, 0.25) is 5.91 Å². The Morgan fingerprint density at radius 2 is 1.50 bits per heavy atom. The third-order valence-electron chi connectivity index (χ3n) is 4.65. The van der Waals surface area contributed by atoms with Crippen molar-refractivity contribution < 1.29 is 18.4 Å². The van der Waals surface area contributed by atoms with Gasteiger partial charge in [-0.05, 0) is 49.2 Å². The van der Waals surface area contributed by atoms with Crippen LogP contribution >= 0.6 is 0 Å². The molecule has 7 heteroatoms. The lowest BCUT2D eigenvalue weighted by Crippen LogP contribution is -2.36. The standard InChI is InChI=1S/C21H23F2N3O2/c22-18-9-17(10-19(23)11-18)21(28)25-13-20(27)24-12-15-3-5-16(6-4-15)14-26-7-1-2-8-26/h3-6,9-11H,1-2,7-8,12-14H2,(H,24,27)(H,25,28). The van der Waals surface area contributed by atoms with Crippen molar-refractivity contribution in [2.45, 2.75) is 25.9 Å². The third-order valence-corrected chi connectivity index (χ3v) is 4.65. The summed E-state index contributed by atoms with van der Waals surface area (Å²) in [5.41, 5.74) is 2.03. The van der Waals surface area contributed by atoms with Crippen LogP contribution in [0.25, 0.3) is 0 Å². The summed E-state index contributed by atoms with van der Waals surface area (Å²) in [4.78, 5) is 26.2.